The molecule has 0 saturated carbocycles. The summed E-state index contributed by atoms with van der Waals surface area (Å²) >= 11 is -0.370. The van der Waals surface area contributed by atoms with E-state index in [0.29, 0.717) is 0 Å². The molecule has 1 rings (SSSR count). The van der Waals surface area contributed by atoms with Gasteiger partial charge >= 0.3 is 45.8 Å². The first kappa shape index (κ1) is 4.62. The molecule has 1 saturated heterocycles. The Morgan fingerprint density at radius 1 is 2.00 bits per heavy atom. The molecular weight excluding hydrogens is 187 g/mol. The van der Waals surface area contributed by atoms with Crippen LogP contribution in [0.2, 0.25) is 0 Å². The van der Waals surface area contributed by atoms with Crippen molar-refractivity contribution in [1.82, 2.24) is 0 Å². The van der Waals surface area contributed by atoms with E-state index in [0.717, 1.165) is 3.92 Å². The molecule has 0 aromatic carbocycles. The minimum atomic E-state index is -0.370. The molecule has 0 bridgehead atoms. The van der Waals surface area contributed by atoms with Gasteiger partial charge in [-0.05, 0) is 0 Å². The van der Waals surface area contributed by atoms with Crippen LogP contribution in [0.5, 0.6) is 0 Å². The van der Waals surface area contributed by atoms with Crippen LogP contribution in [0.15, 0.2) is 10.7 Å². The van der Waals surface area contributed by atoms with Gasteiger partial charge in [0, 0.05) is 0 Å². The van der Waals surface area contributed by atoms with Gasteiger partial charge < -0.3 is 0 Å². The van der Waals surface area contributed by atoms with E-state index < -0.39 is 0 Å². The monoisotopic (exact) mass is 196 g/mol. The van der Waals surface area contributed by atoms with Crippen LogP contribution in [0.4, 0.5) is 0 Å². The van der Waals surface area contributed by atoms with Gasteiger partial charge in [0.15, 0.2) is 0 Å². The molecule has 0 radical (unpaired) electrons. The number of hydrogen-bond acceptors (Lipinski definition) is 0. The van der Waals surface area contributed by atoms with E-state index in [4.69, 9.17) is 0 Å². The van der Waals surface area contributed by atoms with E-state index in [1.807, 2.05) is 0 Å². The average Bonchev–Trinajstić information content (AvgIpc) is 2.19. The fourth-order valence-electron chi connectivity index (χ4n) is 0.427. The molecule has 6 heavy (non-hydrogen) atoms. The Kier molecular flexibility index (Phi) is 1.17. The molecule has 0 spiro atoms. The minimum absolute atomic E-state index is 0.370. The molecule has 1 heterocycles. The van der Waals surface area contributed by atoms with Gasteiger partial charge in [-0.1, -0.05) is 0 Å². The normalized spacial score (nSPS) is 36.2. The van der Waals surface area contributed by atoms with Crippen LogP contribution in [-0.4, -0.2) is 8.35 Å². The number of hydrogen-bond donors (Lipinski definition) is 0. The van der Waals surface area contributed by atoms with E-state index in [1.54, 1.807) is 0 Å². The molecule has 1 heteroatoms. The SMILES string of the molecule is C=CI1CC1C. The van der Waals surface area contributed by atoms with E-state index in [9.17, 15) is 0 Å². The summed E-state index contributed by atoms with van der Waals surface area (Å²) in [4.78, 5) is 0. The van der Waals surface area contributed by atoms with E-state index in [2.05, 4.69) is 17.6 Å². The standard InChI is InChI=1S/C5H9I/c1-3-6-4-5(6)2/h3,5H,1,4H2,2H3. The molecule has 0 N–H and O–H groups in total. The second-order valence-corrected chi connectivity index (χ2v) is 7.89. The second kappa shape index (κ2) is 1.52. The maximum absolute atomic E-state index is 3.74. The van der Waals surface area contributed by atoms with Crippen molar-refractivity contribution >= 4 is 19.8 Å². The molecule has 1 unspecified atom stereocenters. The zero-order valence-electron chi connectivity index (χ0n) is 3.95. The van der Waals surface area contributed by atoms with Gasteiger partial charge in [0.2, 0.25) is 0 Å². The van der Waals surface area contributed by atoms with Crippen LogP contribution in [-0.2, 0) is 0 Å². The van der Waals surface area contributed by atoms with Crippen LogP contribution in [0.1, 0.15) is 6.92 Å². The molecule has 0 aromatic rings. The van der Waals surface area contributed by atoms with Crippen molar-refractivity contribution in [1.29, 1.82) is 0 Å². The van der Waals surface area contributed by atoms with Crippen molar-refractivity contribution in [2.24, 2.45) is 0 Å². The first-order chi connectivity index (χ1) is 2.84. The van der Waals surface area contributed by atoms with Crippen molar-refractivity contribution in [3.8, 4) is 0 Å². The zero-order valence-corrected chi connectivity index (χ0v) is 6.10. The Morgan fingerprint density at radius 3 is 2.50 bits per heavy atom. The summed E-state index contributed by atoms with van der Waals surface area (Å²) in [5.41, 5.74) is 0. The van der Waals surface area contributed by atoms with Gasteiger partial charge in [-0.3, -0.25) is 0 Å². The summed E-state index contributed by atoms with van der Waals surface area (Å²) < 4.78 is 4.84. The van der Waals surface area contributed by atoms with Crippen LogP contribution >= 0.6 is 19.8 Å². The summed E-state index contributed by atoms with van der Waals surface area (Å²) in [6, 6.07) is 0. The van der Waals surface area contributed by atoms with Gasteiger partial charge in [0.1, 0.15) is 0 Å². The van der Waals surface area contributed by atoms with E-state index in [-0.39, 0.29) is 19.8 Å². The van der Waals surface area contributed by atoms with Crippen molar-refractivity contribution in [3.63, 3.8) is 0 Å². The number of alkyl halides is 2. The quantitative estimate of drug-likeness (QED) is 0.444. The molecule has 0 aliphatic carbocycles. The van der Waals surface area contributed by atoms with Crippen molar-refractivity contribution in [3.05, 3.63) is 10.7 Å². The molecule has 1 aliphatic heterocycles. The fourth-order valence-corrected chi connectivity index (χ4v) is 4.15. The van der Waals surface area contributed by atoms with Gasteiger partial charge in [0.05, 0.1) is 0 Å². The predicted molar refractivity (Wildman–Crippen MR) is 38.5 cm³/mol. The van der Waals surface area contributed by atoms with Crippen LogP contribution in [0, 0.1) is 0 Å². The van der Waals surface area contributed by atoms with Gasteiger partial charge in [-0.2, -0.15) is 0 Å². The molecule has 0 amide bonds. The average molecular weight is 196 g/mol. The third kappa shape index (κ3) is 0.750. The summed E-state index contributed by atoms with van der Waals surface area (Å²) in [6.45, 7) is 6.07. The van der Waals surface area contributed by atoms with Gasteiger partial charge in [0.25, 0.3) is 0 Å². The van der Waals surface area contributed by atoms with Crippen LogP contribution < -0.4 is 0 Å². The number of halogens is 1. The number of rotatable bonds is 1. The molecular formula is C5H9I. The third-order valence-corrected chi connectivity index (χ3v) is 6.48. The Morgan fingerprint density at radius 2 is 2.50 bits per heavy atom. The van der Waals surface area contributed by atoms with E-state index >= 15 is 0 Å². The molecule has 36 valence electrons. The maximum atomic E-state index is 3.74. The summed E-state index contributed by atoms with van der Waals surface area (Å²) in [5, 5.41) is 0. The second-order valence-electron chi connectivity index (χ2n) is 1.52. The zero-order chi connectivity index (χ0) is 4.57. The first-order valence-corrected chi connectivity index (χ1v) is 6.11. The summed E-state index contributed by atoms with van der Waals surface area (Å²) in [5.74, 6) is 0. The molecule has 0 nitrogen and oxygen atoms in total. The predicted octanol–water partition coefficient (Wildman–Crippen LogP) is 2.04. The third-order valence-electron chi connectivity index (χ3n) is 0.965. The Hall–Kier alpha value is 0.470. The van der Waals surface area contributed by atoms with Crippen molar-refractivity contribution in [2.45, 2.75) is 10.8 Å². The Bertz CT molecular complexity index is 68.3. The molecule has 1 atom stereocenters. The van der Waals surface area contributed by atoms with Crippen LogP contribution in [0.25, 0.3) is 0 Å². The summed E-state index contributed by atoms with van der Waals surface area (Å²) in [6.07, 6.45) is 0. The fraction of sp³-hybridized carbons (Fsp3) is 0.600. The topological polar surface area (TPSA) is 0 Å². The van der Waals surface area contributed by atoms with Crippen molar-refractivity contribution in [2.75, 3.05) is 4.43 Å². The van der Waals surface area contributed by atoms with E-state index in [1.165, 1.54) is 4.43 Å². The summed E-state index contributed by atoms with van der Waals surface area (Å²) in [7, 11) is 0. The van der Waals surface area contributed by atoms with Gasteiger partial charge in [-0.15, -0.1) is 0 Å². The van der Waals surface area contributed by atoms with Crippen LogP contribution in [0.3, 0.4) is 0 Å². The molecule has 1 fully saturated rings. The van der Waals surface area contributed by atoms with Crippen molar-refractivity contribution < 1.29 is 0 Å². The Balaban J connectivity index is 2.25. The first-order valence-electron chi connectivity index (χ1n) is 2.10. The molecule has 1 aliphatic rings. The molecule has 0 aromatic heterocycles. The van der Waals surface area contributed by atoms with Gasteiger partial charge in [-0.25, -0.2) is 0 Å². The Labute approximate surface area is 46.0 Å².